The summed E-state index contributed by atoms with van der Waals surface area (Å²) in [5.74, 6) is 0.0208. The Morgan fingerprint density at radius 3 is 2.73 bits per heavy atom. The summed E-state index contributed by atoms with van der Waals surface area (Å²) in [5, 5.41) is 0.322. The Morgan fingerprint density at radius 2 is 2.18 bits per heavy atom. The maximum Gasteiger partial charge on any atom is 0.387 e. The smallest absolute Gasteiger partial charge is 0.387 e. The normalized spacial score (nSPS) is 10.2. The van der Waals surface area contributed by atoms with Gasteiger partial charge in [0.1, 0.15) is 5.75 Å². The molecule has 1 radical (unpaired) electrons. The molecule has 1 nitrogen and oxygen atoms in total. The Labute approximate surface area is 67.5 Å². The van der Waals surface area contributed by atoms with Crippen molar-refractivity contribution in [2.75, 3.05) is 0 Å². The Bertz CT molecular complexity index is 240. The second-order valence-corrected chi connectivity index (χ2v) is 2.20. The van der Waals surface area contributed by atoms with E-state index in [4.69, 9.17) is 11.6 Å². The van der Waals surface area contributed by atoms with Gasteiger partial charge < -0.3 is 4.74 Å². The summed E-state index contributed by atoms with van der Waals surface area (Å²) >= 11 is 5.47. The predicted octanol–water partition coefficient (Wildman–Crippen LogP) is 2.74. The summed E-state index contributed by atoms with van der Waals surface area (Å²) in [4.78, 5) is 0. The lowest BCUT2D eigenvalue weighted by Gasteiger charge is -2.02. The zero-order valence-electron chi connectivity index (χ0n) is 5.35. The summed E-state index contributed by atoms with van der Waals surface area (Å²) in [5.41, 5.74) is 0. The molecule has 0 saturated heterocycles. The highest BCUT2D eigenvalue weighted by Gasteiger charge is 2.03. The number of alkyl halides is 2. The predicted molar refractivity (Wildman–Crippen MR) is 36.9 cm³/mol. The van der Waals surface area contributed by atoms with E-state index < -0.39 is 6.61 Å². The van der Waals surface area contributed by atoms with Crippen LogP contribution in [0.5, 0.6) is 5.75 Å². The van der Waals surface area contributed by atoms with Gasteiger partial charge >= 0.3 is 6.61 Å². The van der Waals surface area contributed by atoms with E-state index in [-0.39, 0.29) is 5.75 Å². The van der Waals surface area contributed by atoms with Crippen LogP contribution in [0.1, 0.15) is 0 Å². The number of ether oxygens (including phenoxy) is 1. The Balaban J connectivity index is 2.71. The summed E-state index contributed by atoms with van der Waals surface area (Å²) in [6.07, 6.45) is 0. The second-order valence-electron chi connectivity index (χ2n) is 1.77. The summed E-state index contributed by atoms with van der Waals surface area (Å²) in [6, 6.07) is 6.59. The van der Waals surface area contributed by atoms with Gasteiger partial charge in [0.25, 0.3) is 0 Å². The average Bonchev–Trinajstić information content (AvgIpc) is 1.85. The quantitative estimate of drug-likeness (QED) is 0.675. The zero-order valence-corrected chi connectivity index (χ0v) is 6.11. The van der Waals surface area contributed by atoms with Crippen LogP contribution in [0.2, 0.25) is 5.02 Å². The molecule has 59 valence electrons. The van der Waals surface area contributed by atoms with Crippen LogP contribution in [0.15, 0.2) is 18.2 Å². The molecule has 1 aromatic carbocycles. The molecule has 0 heterocycles. The third-order valence-corrected chi connectivity index (χ3v) is 1.17. The van der Waals surface area contributed by atoms with Gasteiger partial charge in [-0.15, -0.1) is 0 Å². The molecule has 1 aromatic rings. The van der Waals surface area contributed by atoms with E-state index in [2.05, 4.69) is 10.8 Å². The fourth-order valence-electron chi connectivity index (χ4n) is 0.594. The van der Waals surface area contributed by atoms with E-state index in [1.807, 2.05) is 0 Å². The van der Waals surface area contributed by atoms with Crippen molar-refractivity contribution in [1.29, 1.82) is 0 Å². The van der Waals surface area contributed by atoms with Gasteiger partial charge in [-0.3, -0.25) is 0 Å². The molecule has 0 saturated carbocycles. The number of benzene rings is 1. The molecule has 0 aliphatic carbocycles. The third-order valence-electron chi connectivity index (χ3n) is 0.952. The van der Waals surface area contributed by atoms with Gasteiger partial charge in [0.15, 0.2) is 0 Å². The highest BCUT2D eigenvalue weighted by Crippen LogP contribution is 2.18. The topological polar surface area (TPSA) is 9.23 Å². The van der Waals surface area contributed by atoms with Gasteiger partial charge in [0.2, 0.25) is 0 Å². The van der Waals surface area contributed by atoms with Gasteiger partial charge in [-0.2, -0.15) is 8.78 Å². The van der Waals surface area contributed by atoms with Crippen molar-refractivity contribution in [1.82, 2.24) is 0 Å². The SMILES string of the molecule is FC(F)Oc1c[c]cc(Cl)c1. The first-order chi connectivity index (χ1) is 5.18. The fourth-order valence-corrected chi connectivity index (χ4v) is 0.764. The summed E-state index contributed by atoms with van der Waals surface area (Å²) in [7, 11) is 0. The van der Waals surface area contributed by atoms with E-state index in [1.165, 1.54) is 18.2 Å². The second kappa shape index (κ2) is 3.53. The van der Waals surface area contributed by atoms with Crippen molar-refractivity contribution in [3.05, 3.63) is 29.3 Å². The van der Waals surface area contributed by atoms with Gasteiger partial charge in [-0.1, -0.05) is 11.6 Å². The van der Waals surface area contributed by atoms with Gasteiger partial charge in [-0.05, 0) is 24.3 Å². The van der Waals surface area contributed by atoms with Crippen LogP contribution in [0.25, 0.3) is 0 Å². The molecule has 0 amide bonds. The molecule has 0 atom stereocenters. The minimum absolute atomic E-state index is 0.0208. The van der Waals surface area contributed by atoms with Gasteiger partial charge in [0.05, 0.1) is 0 Å². The van der Waals surface area contributed by atoms with Crippen LogP contribution >= 0.6 is 11.6 Å². The largest absolute Gasteiger partial charge is 0.435 e. The molecule has 0 bridgehead atoms. The molecule has 0 unspecified atom stereocenters. The highest BCUT2D eigenvalue weighted by atomic mass is 35.5. The third kappa shape index (κ3) is 2.72. The summed E-state index contributed by atoms with van der Waals surface area (Å²) in [6.45, 7) is -2.82. The minimum Gasteiger partial charge on any atom is -0.435 e. The van der Waals surface area contributed by atoms with E-state index >= 15 is 0 Å². The first kappa shape index (κ1) is 8.27. The van der Waals surface area contributed by atoms with Crippen molar-refractivity contribution >= 4 is 11.6 Å². The van der Waals surface area contributed by atoms with E-state index in [9.17, 15) is 8.78 Å². The number of hydrogen-bond acceptors (Lipinski definition) is 1. The van der Waals surface area contributed by atoms with Crippen molar-refractivity contribution in [3.63, 3.8) is 0 Å². The molecule has 0 aliphatic rings. The maximum atomic E-state index is 11.6. The molecule has 0 spiro atoms. The average molecular weight is 178 g/mol. The summed E-state index contributed by atoms with van der Waals surface area (Å²) < 4.78 is 27.2. The molecule has 0 aromatic heterocycles. The Kier molecular flexibility index (Phi) is 2.65. The Hall–Kier alpha value is -0.830. The fraction of sp³-hybridized carbons (Fsp3) is 0.143. The molecule has 0 N–H and O–H groups in total. The van der Waals surface area contributed by atoms with Crippen molar-refractivity contribution in [2.45, 2.75) is 6.61 Å². The van der Waals surface area contributed by atoms with Crippen LogP contribution < -0.4 is 4.74 Å². The van der Waals surface area contributed by atoms with Crippen LogP contribution in [0.4, 0.5) is 8.78 Å². The molecule has 4 heteroatoms. The molecule has 1 rings (SSSR count). The van der Waals surface area contributed by atoms with Gasteiger partial charge in [0, 0.05) is 5.02 Å². The minimum atomic E-state index is -2.82. The van der Waals surface area contributed by atoms with Crippen molar-refractivity contribution < 1.29 is 13.5 Å². The number of hydrogen-bond donors (Lipinski definition) is 0. The lowest BCUT2D eigenvalue weighted by atomic mass is 10.3. The van der Waals surface area contributed by atoms with E-state index in [0.717, 1.165) is 0 Å². The van der Waals surface area contributed by atoms with Crippen molar-refractivity contribution in [2.24, 2.45) is 0 Å². The van der Waals surface area contributed by atoms with E-state index in [1.54, 1.807) is 0 Å². The standard InChI is InChI=1S/C7H4ClF2O/c8-5-2-1-3-6(4-5)11-7(9)10/h2-4,7H. The van der Waals surface area contributed by atoms with Crippen molar-refractivity contribution in [3.8, 4) is 5.75 Å². The van der Waals surface area contributed by atoms with Gasteiger partial charge in [-0.25, -0.2) is 0 Å². The molecule has 0 aliphatic heterocycles. The number of halogens is 3. The monoisotopic (exact) mass is 177 g/mol. The maximum absolute atomic E-state index is 11.6. The molecular weight excluding hydrogens is 174 g/mol. The Morgan fingerprint density at radius 1 is 1.45 bits per heavy atom. The first-order valence-corrected chi connectivity index (χ1v) is 3.18. The molecular formula is C7H4ClF2O. The molecule has 11 heavy (non-hydrogen) atoms. The van der Waals surface area contributed by atoms with Crippen LogP contribution in [0, 0.1) is 6.07 Å². The lowest BCUT2D eigenvalue weighted by molar-refractivity contribution is -0.0498. The zero-order chi connectivity index (χ0) is 8.27. The van der Waals surface area contributed by atoms with Crippen LogP contribution in [0.3, 0.4) is 0 Å². The van der Waals surface area contributed by atoms with Crippen LogP contribution in [-0.4, -0.2) is 6.61 Å². The van der Waals surface area contributed by atoms with Crippen LogP contribution in [-0.2, 0) is 0 Å². The number of rotatable bonds is 2. The molecule has 0 fully saturated rings. The lowest BCUT2D eigenvalue weighted by Crippen LogP contribution is -2.01. The highest BCUT2D eigenvalue weighted by molar-refractivity contribution is 6.30. The van der Waals surface area contributed by atoms with E-state index in [0.29, 0.717) is 5.02 Å². The first-order valence-electron chi connectivity index (χ1n) is 2.80.